The van der Waals surface area contributed by atoms with Crippen LogP contribution in [-0.2, 0) is 0 Å². The summed E-state index contributed by atoms with van der Waals surface area (Å²) in [6, 6.07) is 82.4. The molecule has 0 aliphatic carbocycles. The highest BCUT2D eigenvalue weighted by Crippen LogP contribution is 2.42. The van der Waals surface area contributed by atoms with E-state index in [4.69, 9.17) is 19.4 Å². The van der Waals surface area contributed by atoms with E-state index in [0.717, 1.165) is 126 Å². The average molecular weight is 1450 g/mol. The fourth-order valence-corrected chi connectivity index (χ4v) is 18.5. The molecule has 0 radical (unpaired) electrons. The van der Waals surface area contributed by atoms with Gasteiger partial charge in [0, 0.05) is 22.2 Å². The van der Waals surface area contributed by atoms with Crippen molar-refractivity contribution in [1.29, 1.82) is 10.5 Å². The molecular formula is C95H108B2N6O2S2. The van der Waals surface area contributed by atoms with Gasteiger partial charge in [0.15, 0.2) is 0 Å². The fourth-order valence-electron chi connectivity index (χ4n) is 16.6. The van der Waals surface area contributed by atoms with Crippen LogP contribution in [0.15, 0.2) is 218 Å². The highest BCUT2D eigenvalue weighted by atomic mass is 32.1. The molecular weight excluding hydrogens is 1340 g/mol. The van der Waals surface area contributed by atoms with Gasteiger partial charge in [0.05, 0.1) is 44.3 Å². The van der Waals surface area contributed by atoms with Crippen molar-refractivity contribution in [3.8, 4) is 46.2 Å². The quantitative estimate of drug-likeness (QED) is 0.0475. The molecule has 12 rings (SSSR count). The monoisotopic (exact) mass is 1450 g/mol. The van der Waals surface area contributed by atoms with E-state index >= 15 is 0 Å². The zero-order valence-corrected chi connectivity index (χ0v) is 67.7. The molecule has 6 unspecified atom stereocenters. The van der Waals surface area contributed by atoms with Crippen LogP contribution in [0.2, 0.25) is 0 Å². The first-order chi connectivity index (χ1) is 51.1. The molecule has 0 bridgehead atoms. The Hall–Kier alpha value is -9.19. The molecule has 0 aliphatic heterocycles. The highest BCUT2D eigenvalue weighted by Gasteiger charge is 2.39. The molecule has 8 nitrogen and oxygen atoms in total. The second-order valence-electron chi connectivity index (χ2n) is 35.2. The number of para-hydroxylation sites is 2. The Bertz CT molecular complexity index is 4940. The smallest absolute Gasteiger partial charge is 0.328 e. The van der Waals surface area contributed by atoms with Crippen molar-refractivity contribution in [3.63, 3.8) is 0 Å². The summed E-state index contributed by atoms with van der Waals surface area (Å²) in [6.45, 7) is 38.0. The number of nitriles is 2. The van der Waals surface area contributed by atoms with Gasteiger partial charge in [-0.15, -0.1) is 22.7 Å². The minimum Gasteiger partial charge on any atom is -0.493 e. The second-order valence-corrected chi connectivity index (χ2v) is 37.3. The first-order valence-electron chi connectivity index (χ1n) is 38.9. The lowest BCUT2D eigenvalue weighted by Gasteiger charge is -2.33. The molecule has 0 amide bonds. The maximum atomic E-state index is 12.7. The number of thiazole rings is 2. The van der Waals surface area contributed by atoms with Crippen molar-refractivity contribution in [2.24, 2.45) is 57.2 Å². The minimum atomic E-state index is -0.550. The van der Waals surface area contributed by atoms with E-state index in [1.54, 1.807) is 0 Å². The van der Waals surface area contributed by atoms with Crippen molar-refractivity contribution in [2.75, 3.05) is 13.2 Å². The molecule has 12 heteroatoms. The lowest BCUT2D eigenvalue weighted by molar-refractivity contribution is 0.139. The SMILES string of the molecule is CC(CCC(COc1ccc(-c2c3/c(=C(\C#N)c4nc5ccccc5s4)n(B(c4ccccc4)c4ccccc4)c(-c4ccc(OCC(CCC(C)C(C)(C)C)C(C)CC(C)(C)C)cc4)c3/c(=C(\C#N)c3nc4ccccc4s3)n2B(c2ccccc2)c2ccccc2)cc1)C(C)CC(C)(C)C)CC(C)(C)C. The molecule has 0 spiro atoms. The van der Waals surface area contributed by atoms with Crippen molar-refractivity contribution >= 4 is 101 Å². The molecule has 107 heavy (non-hydrogen) atoms. The third-order valence-corrected chi connectivity index (χ3v) is 24.1. The third kappa shape index (κ3) is 18.3. The van der Waals surface area contributed by atoms with Crippen LogP contribution in [-0.4, -0.2) is 45.8 Å². The first-order valence-corrected chi connectivity index (χ1v) is 40.5. The topological polar surface area (TPSA) is 102 Å². The number of hydrogen-bond donors (Lipinski definition) is 0. The largest absolute Gasteiger partial charge is 0.493 e. The number of fused-ring (bicyclic) bond motifs is 3. The first kappa shape index (κ1) is 77.4. The standard InChI is InChI=1S/C95H108B2N6O2S2/c1-64(57-92(5,6)7)45-47-70(65(2)58-93(8,9)10)62-104-76-53-49-68(50-54-76)86-84-85(89(79(61-99)91-101-81-42-30-32-44-83(81)107-91)102(86)96(72-33-21-17-22-34-72)73-35-23-18-24-36-73)87(69-51-55-77(56-52-69)105-63-71(66(3)59-94(11,12)13)48-46-67(4)95(14,15)16)103(97(74-37-25-19-26-38-74)75-39-27-20-28-40-75)88(84)78(60-98)90-100-80-41-29-31-43-82(80)106-90/h17-44,49-56,64-67,70-71H,45-48,57-59,62-63H2,1-16H3/b88-78-,89-79-. The number of benzene rings is 8. The lowest BCUT2D eigenvalue weighted by Crippen LogP contribution is -2.54. The van der Waals surface area contributed by atoms with Crippen LogP contribution in [0, 0.1) is 79.8 Å². The van der Waals surface area contributed by atoms with Crippen LogP contribution >= 0.6 is 22.7 Å². The molecule has 8 aromatic carbocycles. The second kappa shape index (κ2) is 33.1. The Balaban J connectivity index is 1.22. The van der Waals surface area contributed by atoms with Gasteiger partial charge in [0.1, 0.15) is 44.8 Å². The van der Waals surface area contributed by atoms with E-state index in [0.29, 0.717) is 80.6 Å². The molecule has 4 aromatic heterocycles. The fraction of sp³-hybridized carbons (Fsp3) is 0.368. The molecule has 0 saturated carbocycles. The Morgan fingerprint density at radius 2 is 0.738 bits per heavy atom. The van der Waals surface area contributed by atoms with Crippen LogP contribution < -0.4 is 42.0 Å². The van der Waals surface area contributed by atoms with E-state index < -0.39 is 13.7 Å². The van der Waals surface area contributed by atoms with Crippen LogP contribution in [0.25, 0.3) is 64.9 Å². The Morgan fingerprint density at radius 1 is 0.411 bits per heavy atom. The van der Waals surface area contributed by atoms with Crippen molar-refractivity contribution in [1.82, 2.24) is 18.9 Å². The lowest BCUT2D eigenvalue weighted by atomic mass is 9.50. The highest BCUT2D eigenvalue weighted by molar-refractivity contribution is 7.20. The van der Waals surface area contributed by atoms with Gasteiger partial charge in [-0.25, -0.2) is 9.97 Å². The molecule has 12 aromatic rings. The normalized spacial score (nSPS) is 14.6. The van der Waals surface area contributed by atoms with Crippen molar-refractivity contribution in [2.45, 2.75) is 156 Å². The molecule has 0 N–H and O–H groups in total. The van der Waals surface area contributed by atoms with E-state index in [-0.39, 0.29) is 21.7 Å². The molecule has 6 atom stereocenters. The molecule has 4 heterocycles. The predicted octanol–water partition coefficient (Wildman–Crippen LogP) is 21.2. The summed E-state index contributed by atoms with van der Waals surface area (Å²) < 4.78 is 21.0. The summed E-state index contributed by atoms with van der Waals surface area (Å²) in [5.74, 6) is 4.24. The van der Waals surface area contributed by atoms with E-state index in [9.17, 15) is 10.5 Å². The van der Waals surface area contributed by atoms with Gasteiger partial charge in [-0.05, 0) is 180 Å². The van der Waals surface area contributed by atoms with E-state index in [2.05, 4.69) is 314 Å². The summed E-state index contributed by atoms with van der Waals surface area (Å²) in [5.41, 5.74) is 10.6. The molecule has 0 fully saturated rings. The van der Waals surface area contributed by atoms with Gasteiger partial charge in [0.2, 0.25) is 0 Å². The van der Waals surface area contributed by atoms with Gasteiger partial charge >= 0.3 is 13.7 Å². The third-order valence-electron chi connectivity index (χ3n) is 22.0. The number of nitrogens with zero attached hydrogens (tertiary/aromatic N) is 6. The molecule has 0 saturated heterocycles. The molecule has 548 valence electrons. The van der Waals surface area contributed by atoms with E-state index in [1.807, 2.05) is 36.4 Å². The Labute approximate surface area is 646 Å². The van der Waals surface area contributed by atoms with Crippen LogP contribution in [0.4, 0.5) is 0 Å². The number of rotatable bonds is 27. The minimum absolute atomic E-state index is 0.161. The van der Waals surface area contributed by atoms with Crippen LogP contribution in [0.1, 0.15) is 166 Å². The maximum Gasteiger partial charge on any atom is 0.328 e. The van der Waals surface area contributed by atoms with Gasteiger partial charge in [0.25, 0.3) is 0 Å². The summed E-state index contributed by atoms with van der Waals surface area (Å²) >= 11 is 3.05. The van der Waals surface area contributed by atoms with Crippen molar-refractivity contribution < 1.29 is 9.47 Å². The van der Waals surface area contributed by atoms with Gasteiger partial charge in [-0.1, -0.05) is 285 Å². The molecule has 0 aliphatic rings. The average Bonchev–Trinajstić information content (AvgIpc) is 1.52. The zero-order valence-electron chi connectivity index (χ0n) is 66.1. The van der Waals surface area contributed by atoms with Gasteiger partial charge in [-0.3, -0.25) is 0 Å². The summed E-state index contributed by atoms with van der Waals surface area (Å²) in [5, 5.41) is 29.6. The van der Waals surface area contributed by atoms with E-state index in [1.165, 1.54) is 29.1 Å². The predicted molar refractivity (Wildman–Crippen MR) is 457 cm³/mol. The Kier molecular flexibility index (Phi) is 24.0. The number of hydrogen-bond acceptors (Lipinski definition) is 8. The number of ether oxygens (including phenoxy) is 2. The van der Waals surface area contributed by atoms with Gasteiger partial charge in [-0.2, -0.15) is 10.5 Å². The zero-order chi connectivity index (χ0) is 76.0. The number of aromatic nitrogens is 4. The maximum absolute atomic E-state index is 12.7. The van der Waals surface area contributed by atoms with Crippen LogP contribution in [0.3, 0.4) is 0 Å². The Morgan fingerprint density at radius 3 is 1.06 bits per heavy atom. The van der Waals surface area contributed by atoms with Crippen LogP contribution in [0.5, 0.6) is 11.5 Å². The summed E-state index contributed by atoms with van der Waals surface area (Å²) in [6.07, 6.45) is 7.77. The summed E-state index contributed by atoms with van der Waals surface area (Å²) in [4.78, 5) is 10.9. The summed E-state index contributed by atoms with van der Waals surface area (Å²) in [7, 11) is 0. The van der Waals surface area contributed by atoms with Crippen molar-refractivity contribution in [3.05, 3.63) is 239 Å². The van der Waals surface area contributed by atoms with Gasteiger partial charge < -0.3 is 18.4 Å².